The summed E-state index contributed by atoms with van der Waals surface area (Å²) in [6, 6.07) is 5.22. The Morgan fingerprint density at radius 2 is 2.32 bits per heavy atom. The van der Waals surface area contributed by atoms with E-state index in [1.165, 1.54) is 10.9 Å². The summed E-state index contributed by atoms with van der Waals surface area (Å²) < 4.78 is 2.38. The number of nitrogens with two attached hydrogens (primary N) is 1. The Kier molecular flexibility index (Phi) is 4.11. The Labute approximate surface area is 123 Å². The van der Waals surface area contributed by atoms with Gasteiger partial charge in [0.15, 0.2) is 0 Å². The quantitative estimate of drug-likeness (QED) is 0.899. The van der Waals surface area contributed by atoms with E-state index in [0.29, 0.717) is 28.6 Å². The van der Waals surface area contributed by atoms with Crippen LogP contribution in [0.2, 0.25) is 5.02 Å². The predicted octanol–water partition coefficient (Wildman–Crippen LogP) is 3.15. The summed E-state index contributed by atoms with van der Waals surface area (Å²) in [5.41, 5.74) is 6.95. The van der Waals surface area contributed by atoms with Crippen molar-refractivity contribution < 1.29 is 4.79 Å². The largest absolute Gasteiger partial charge is 0.396 e. The summed E-state index contributed by atoms with van der Waals surface area (Å²) in [6.45, 7) is 2.45. The number of amides is 1. The lowest BCUT2D eigenvalue weighted by molar-refractivity contribution is 0.101. The zero-order valence-corrected chi connectivity index (χ0v) is 12.5. The number of carbonyl (C=O) groups excluding carboxylic acids is 1. The molecule has 0 aliphatic carbocycles. The van der Waals surface area contributed by atoms with Crippen LogP contribution in [0.4, 0.5) is 11.4 Å². The molecule has 0 bridgehead atoms. The molecule has 100 valence electrons. The average molecular weight is 344 g/mol. The highest BCUT2D eigenvalue weighted by Gasteiger charge is 2.17. The molecule has 3 N–H and O–H groups in total. The van der Waals surface area contributed by atoms with Gasteiger partial charge in [0, 0.05) is 11.0 Å². The lowest BCUT2D eigenvalue weighted by Crippen LogP contribution is -2.19. The molecule has 0 spiro atoms. The zero-order valence-electron chi connectivity index (χ0n) is 10.2. The fourth-order valence-electron chi connectivity index (χ4n) is 1.66. The van der Waals surface area contributed by atoms with Gasteiger partial charge in [0.05, 0.1) is 22.6 Å². The molecule has 1 heterocycles. The first-order valence-corrected chi connectivity index (χ1v) is 6.77. The molecular weight excluding hydrogens is 332 g/mol. The van der Waals surface area contributed by atoms with Gasteiger partial charge in [-0.15, -0.1) is 0 Å². The third kappa shape index (κ3) is 2.90. The summed E-state index contributed by atoms with van der Waals surface area (Å²) in [7, 11) is 0. The molecule has 0 aliphatic rings. The van der Waals surface area contributed by atoms with Crippen molar-refractivity contribution in [3.8, 4) is 0 Å². The molecule has 0 radical (unpaired) electrons. The van der Waals surface area contributed by atoms with Gasteiger partial charge in [0.1, 0.15) is 5.69 Å². The maximum atomic E-state index is 12.2. The molecule has 0 saturated carbocycles. The molecule has 5 nitrogen and oxygen atoms in total. The van der Waals surface area contributed by atoms with Gasteiger partial charge in [0.2, 0.25) is 0 Å². The SMILES string of the molecule is CCn1ncc(N)c1C(=O)Nc1ccc(Br)cc1Cl. The van der Waals surface area contributed by atoms with Crippen LogP contribution in [0, 0.1) is 0 Å². The van der Waals surface area contributed by atoms with Gasteiger partial charge in [-0.2, -0.15) is 5.10 Å². The normalized spacial score (nSPS) is 10.5. The van der Waals surface area contributed by atoms with E-state index in [4.69, 9.17) is 17.3 Å². The monoisotopic (exact) mass is 342 g/mol. The lowest BCUT2D eigenvalue weighted by Gasteiger charge is -2.09. The number of carbonyl (C=O) groups is 1. The van der Waals surface area contributed by atoms with Crippen molar-refractivity contribution in [3.05, 3.63) is 39.6 Å². The first kappa shape index (κ1) is 13.9. The van der Waals surface area contributed by atoms with Crippen molar-refractivity contribution in [1.29, 1.82) is 0 Å². The van der Waals surface area contributed by atoms with Gasteiger partial charge in [-0.1, -0.05) is 27.5 Å². The molecular formula is C12H12BrClN4O. The molecule has 19 heavy (non-hydrogen) atoms. The third-order valence-electron chi connectivity index (χ3n) is 2.56. The van der Waals surface area contributed by atoms with Crippen molar-refractivity contribution in [2.24, 2.45) is 0 Å². The van der Waals surface area contributed by atoms with Crippen LogP contribution in [-0.4, -0.2) is 15.7 Å². The second-order valence-electron chi connectivity index (χ2n) is 3.84. The number of anilines is 2. The Bertz CT molecular complexity index is 626. The minimum Gasteiger partial charge on any atom is -0.396 e. The van der Waals surface area contributed by atoms with E-state index in [1.54, 1.807) is 18.2 Å². The Morgan fingerprint density at radius 1 is 1.58 bits per heavy atom. The van der Waals surface area contributed by atoms with Crippen LogP contribution in [0.25, 0.3) is 0 Å². The topological polar surface area (TPSA) is 72.9 Å². The standard InChI is InChI=1S/C12H12BrClN4O/c1-2-18-11(9(15)6-16-18)12(19)17-10-4-3-7(13)5-8(10)14/h3-6H,2,15H2,1H3,(H,17,19). The predicted molar refractivity (Wildman–Crippen MR) is 79.4 cm³/mol. The van der Waals surface area contributed by atoms with Crippen molar-refractivity contribution in [2.45, 2.75) is 13.5 Å². The fourth-order valence-corrected chi connectivity index (χ4v) is 2.38. The van der Waals surface area contributed by atoms with Gasteiger partial charge in [-0.25, -0.2) is 0 Å². The average Bonchev–Trinajstić information content (AvgIpc) is 2.74. The molecule has 0 saturated heterocycles. The van der Waals surface area contributed by atoms with Crippen molar-refractivity contribution in [2.75, 3.05) is 11.1 Å². The number of aromatic nitrogens is 2. The first-order valence-electron chi connectivity index (χ1n) is 5.60. The molecule has 1 amide bonds. The summed E-state index contributed by atoms with van der Waals surface area (Å²) in [5.74, 6) is -0.332. The number of hydrogen-bond donors (Lipinski definition) is 2. The number of nitrogens with zero attached hydrogens (tertiary/aromatic N) is 2. The Balaban J connectivity index is 2.28. The molecule has 0 fully saturated rings. The molecule has 0 atom stereocenters. The van der Waals surface area contributed by atoms with Crippen LogP contribution in [0.15, 0.2) is 28.9 Å². The van der Waals surface area contributed by atoms with Gasteiger partial charge < -0.3 is 11.1 Å². The van der Waals surface area contributed by atoms with Crippen molar-refractivity contribution >= 4 is 44.8 Å². The van der Waals surface area contributed by atoms with Crippen LogP contribution in [0.3, 0.4) is 0 Å². The van der Waals surface area contributed by atoms with Crippen LogP contribution < -0.4 is 11.1 Å². The van der Waals surface area contributed by atoms with E-state index in [9.17, 15) is 4.79 Å². The number of aryl methyl sites for hydroxylation is 1. The number of hydrogen-bond acceptors (Lipinski definition) is 3. The molecule has 2 aromatic rings. The summed E-state index contributed by atoms with van der Waals surface area (Å²) in [4.78, 5) is 12.2. The zero-order chi connectivity index (χ0) is 14.0. The van der Waals surface area contributed by atoms with E-state index in [2.05, 4.69) is 26.3 Å². The second-order valence-corrected chi connectivity index (χ2v) is 5.17. The molecule has 2 rings (SSSR count). The number of benzene rings is 1. The van der Waals surface area contributed by atoms with E-state index < -0.39 is 0 Å². The van der Waals surface area contributed by atoms with E-state index in [-0.39, 0.29) is 5.91 Å². The van der Waals surface area contributed by atoms with Gasteiger partial charge in [-0.05, 0) is 25.1 Å². The van der Waals surface area contributed by atoms with E-state index in [1.807, 2.05) is 6.92 Å². The molecule has 1 aromatic heterocycles. The van der Waals surface area contributed by atoms with Crippen LogP contribution in [0.1, 0.15) is 17.4 Å². The highest BCUT2D eigenvalue weighted by molar-refractivity contribution is 9.10. The van der Waals surface area contributed by atoms with E-state index >= 15 is 0 Å². The minimum atomic E-state index is -0.332. The van der Waals surface area contributed by atoms with Crippen molar-refractivity contribution in [3.63, 3.8) is 0 Å². The molecule has 1 aromatic carbocycles. The smallest absolute Gasteiger partial charge is 0.276 e. The summed E-state index contributed by atoms with van der Waals surface area (Å²) in [6.07, 6.45) is 1.46. The van der Waals surface area contributed by atoms with E-state index in [0.717, 1.165) is 4.47 Å². The fraction of sp³-hybridized carbons (Fsp3) is 0.167. The van der Waals surface area contributed by atoms with Gasteiger partial charge >= 0.3 is 0 Å². The Hall–Kier alpha value is -1.53. The Morgan fingerprint density at radius 3 is 2.95 bits per heavy atom. The highest BCUT2D eigenvalue weighted by atomic mass is 79.9. The van der Waals surface area contributed by atoms with Crippen LogP contribution >= 0.6 is 27.5 Å². The second kappa shape index (κ2) is 5.63. The highest BCUT2D eigenvalue weighted by Crippen LogP contribution is 2.26. The first-order chi connectivity index (χ1) is 9.02. The third-order valence-corrected chi connectivity index (χ3v) is 3.37. The maximum Gasteiger partial charge on any atom is 0.276 e. The van der Waals surface area contributed by atoms with Gasteiger partial charge in [-0.3, -0.25) is 9.48 Å². The minimum absolute atomic E-state index is 0.332. The lowest BCUT2D eigenvalue weighted by atomic mass is 10.3. The number of nitrogen functional groups attached to an aromatic ring is 1. The van der Waals surface area contributed by atoms with Crippen molar-refractivity contribution in [1.82, 2.24) is 9.78 Å². The molecule has 0 unspecified atom stereocenters. The number of nitrogens with one attached hydrogen (secondary N) is 1. The summed E-state index contributed by atoms with van der Waals surface area (Å²) >= 11 is 9.35. The number of halogens is 2. The van der Waals surface area contributed by atoms with Crippen LogP contribution in [0.5, 0.6) is 0 Å². The number of rotatable bonds is 3. The van der Waals surface area contributed by atoms with Crippen LogP contribution in [-0.2, 0) is 6.54 Å². The molecule has 0 aliphatic heterocycles. The summed E-state index contributed by atoms with van der Waals surface area (Å²) in [5, 5.41) is 7.19. The van der Waals surface area contributed by atoms with Gasteiger partial charge in [0.25, 0.3) is 5.91 Å². The maximum absolute atomic E-state index is 12.2. The molecule has 7 heteroatoms.